The first-order valence-electron chi connectivity index (χ1n) is 11.8. The molecule has 1 aromatic heterocycles. The van der Waals surface area contributed by atoms with Crippen molar-refractivity contribution in [3.8, 4) is 11.4 Å². The van der Waals surface area contributed by atoms with Crippen molar-refractivity contribution in [3.05, 3.63) is 83.9 Å². The zero-order valence-electron chi connectivity index (χ0n) is 19.6. The third kappa shape index (κ3) is 5.52. The fraction of sp³-hybridized carbons (Fsp3) is 0.250. The number of hydrogen-bond acceptors (Lipinski definition) is 3. The molecule has 0 saturated carbocycles. The Bertz CT molecular complexity index is 1260. The van der Waals surface area contributed by atoms with Crippen molar-refractivity contribution in [2.75, 3.05) is 5.32 Å². The molecule has 1 unspecified atom stereocenters. The topological polar surface area (TPSA) is 86.9 Å². The van der Waals surface area contributed by atoms with Crippen LogP contribution in [0.4, 0.5) is 5.69 Å². The predicted molar refractivity (Wildman–Crippen MR) is 137 cm³/mol. The minimum absolute atomic E-state index is 0.0621. The lowest BCUT2D eigenvalue weighted by atomic mass is 10.1. The lowest BCUT2D eigenvalue weighted by Crippen LogP contribution is -2.34. The molecule has 3 N–H and O–H groups in total. The van der Waals surface area contributed by atoms with Gasteiger partial charge in [-0.05, 0) is 67.4 Å². The number of nitrogens with zero attached hydrogens (tertiary/aromatic N) is 1. The Morgan fingerprint density at radius 1 is 0.912 bits per heavy atom. The van der Waals surface area contributed by atoms with Gasteiger partial charge in [0, 0.05) is 28.4 Å². The van der Waals surface area contributed by atoms with E-state index in [0.717, 1.165) is 42.3 Å². The van der Waals surface area contributed by atoms with Crippen molar-refractivity contribution >= 4 is 28.5 Å². The number of nitrogens with one attached hydrogen (secondary N) is 3. The average molecular weight is 455 g/mol. The SMILES string of the molecule is CCCCC(CC)NC(=O)c1ccc2[nH]c(-c3ccc(NC(=O)c4ccccc4)cc3)nc2c1. The zero-order valence-corrected chi connectivity index (χ0v) is 19.6. The van der Waals surface area contributed by atoms with Gasteiger partial charge < -0.3 is 15.6 Å². The van der Waals surface area contributed by atoms with E-state index < -0.39 is 0 Å². The van der Waals surface area contributed by atoms with Crippen LogP contribution in [0.25, 0.3) is 22.4 Å². The number of anilines is 1. The summed E-state index contributed by atoms with van der Waals surface area (Å²) in [6.45, 7) is 4.26. The summed E-state index contributed by atoms with van der Waals surface area (Å²) in [7, 11) is 0. The molecule has 3 aromatic carbocycles. The molecule has 1 heterocycles. The molecular weight excluding hydrogens is 424 g/mol. The summed E-state index contributed by atoms with van der Waals surface area (Å²) in [6.07, 6.45) is 4.14. The third-order valence-electron chi connectivity index (χ3n) is 5.93. The number of H-pyrrole nitrogens is 1. The molecule has 6 heteroatoms. The average Bonchev–Trinajstić information content (AvgIpc) is 3.31. The molecule has 0 aliphatic carbocycles. The summed E-state index contributed by atoms with van der Waals surface area (Å²) in [6, 6.07) is 22.4. The van der Waals surface area contributed by atoms with E-state index in [1.165, 1.54) is 0 Å². The molecule has 4 aromatic rings. The Labute approximate surface area is 199 Å². The Morgan fingerprint density at radius 2 is 1.68 bits per heavy atom. The van der Waals surface area contributed by atoms with Crippen molar-refractivity contribution in [3.63, 3.8) is 0 Å². The largest absolute Gasteiger partial charge is 0.349 e. The lowest BCUT2D eigenvalue weighted by molar-refractivity contribution is 0.0932. The van der Waals surface area contributed by atoms with Gasteiger partial charge in [0.05, 0.1) is 11.0 Å². The monoisotopic (exact) mass is 454 g/mol. The highest BCUT2D eigenvalue weighted by atomic mass is 16.2. The number of fused-ring (bicyclic) bond motifs is 1. The van der Waals surface area contributed by atoms with E-state index in [1.807, 2.05) is 60.7 Å². The molecule has 174 valence electrons. The normalized spacial score (nSPS) is 11.8. The van der Waals surface area contributed by atoms with Crippen molar-refractivity contribution in [2.45, 2.75) is 45.6 Å². The van der Waals surface area contributed by atoms with Crippen molar-refractivity contribution in [1.82, 2.24) is 15.3 Å². The van der Waals surface area contributed by atoms with Gasteiger partial charge in [-0.25, -0.2) is 4.98 Å². The number of imidazole rings is 1. The first-order valence-corrected chi connectivity index (χ1v) is 11.8. The number of unbranched alkanes of at least 4 members (excludes halogenated alkanes) is 1. The van der Waals surface area contributed by atoms with Crippen LogP contribution >= 0.6 is 0 Å². The number of hydrogen-bond donors (Lipinski definition) is 3. The van der Waals surface area contributed by atoms with Crippen molar-refractivity contribution < 1.29 is 9.59 Å². The minimum Gasteiger partial charge on any atom is -0.349 e. The molecule has 4 rings (SSSR count). The van der Waals surface area contributed by atoms with Gasteiger partial charge in [0.25, 0.3) is 11.8 Å². The van der Waals surface area contributed by atoms with Crippen LogP contribution in [-0.2, 0) is 0 Å². The molecule has 2 amide bonds. The fourth-order valence-electron chi connectivity index (χ4n) is 3.89. The van der Waals surface area contributed by atoms with E-state index in [0.29, 0.717) is 22.6 Å². The van der Waals surface area contributed by atoms with Gasteiger partial charge in [-0.2, -0.15) is 0 Å². The van der Waals surface area contributed by atoms with Gasteiger partial charge in [-0.15, -0.1) is 0 Å². The van der Waals surface area contributed by atoms with Crippen LogP contribution < -0.4 is 10.6 Å². The molecule has 0 radical (unpaired) electrons. The molecule has 1 atom stereocenters. The van der Waals surface area contributed by atoms with E-state index in [9.17, 15) is 9.59 Å². The van der Waals surface area contributed by atoms with Crippen LogP contribution in [0.1, 0.15) is 60.2 Å². The molecule has 0 aliphatic rings. The number of rotatable bonds is 9. The van der Waals surface area contributed by atoms with Crippen LogP contribution in [0.15, 0.2) is 72.8 Å². The number of amides is 2. The van der Waals surface area contributed by atoms with Gasteiger partial charge in [-0.1, -0.05) is 44.9 Å². The van der Waals surface area contributed by atoms with Crippen molar-refractivity contribution in [1.29, 1.82) is 0 Å². The molecule has 0 saturated heterocycles. The first-order chi connectivity index (χ1) is 16.6. The van der Waals surface area contributed by atoms with Crippen LogP contribution in [-0.4, -0.2) is 27.8 Å². The molecule has 0 bridgehead atoms. The summed E-state index contributed by atoms with van der Waals surface area (Å²) >= 11 is 0. The maximum absolute atomic E-state index is 12.7. The Balaban J connectivity index is 1.46. The first kappa shape index (κ1) is 23.2. The smallest absolute Gasteiger partial charge is 0.255 e. The highest BCUT2D eigenvalue weighted by molar-refractivity contribution is 6.04. The summed E-state index contributed by atoms with van der Waals surface area (Å²) < 4.78 is 0. The number of aromatic nitrogens is 2. The minimum atomic E-state index is -0.150. The molecule has 0 aliphatic heterocycles. The molecule has 6 nitrogen and oxygen atoms in total. The predicted octanol–water partition coefficient (Wildman–Crippen LogP) is 6.18. The van der Waals surface area contributed by atoms with E-state index in [-0.39, 0.29) is 17.9 Å². The third-order valence-corrected chi connectivity index (χ3v) is 5.93. The summed E-state index contributed by atoms with van der Waals surface area (Å²) in [5.41, 5.74) is 4.43. The van der Waals surface area contributed by atoms with Gasteiger partial charge >= 0.3 is 0 Å². The Kier molecular flexibility index (Phi) is 7.38. The second-order valence-electron chi connectivity index (χ2n) is 8.44. The standard InChI is InChI=1S/C28H30N4O2/c1-3-5-11-22(4-2)29-28(34)21-14-17-24-25(18-21)32-26(31-24)19-12-15-23(16-13-19)30-27(33)20-9-7-6-8-10-20/h6-10,12-18,22H,3-5,11H2,1-2H3,(H,29,34)(H,30,33)(H,31,32). The molecule has 0 fully saturated rings. The molecule has 0 spiro atoms. The van der Waals surface area contributed by atoms with Gasteiger partial charge in [0.1, 0.15) is 5.82 Å². The number of aromatic amines is 1. The highest BCUT2D eigenvalue weighted by Crippen LogP contribution is 2.23. The summed E-state index contributed by atoms with van der Waals surface area (Å²) in [4.78, 5) is 33.1. The zero-order chi connectivity index (χ0) is 23.9. The highest BCUT2D eigenvalue weighted by Gasteiger charge is 2.14. The Hall–Kier alpha value is -3.93. The second-order valence-corrected chi connectivity index (χ2v) is 8.44. The quantitative estimate of drug-likeness (QED) is 0.282. The van der Waals surface area contributed by atoms with E-state index in [4.69, 9.17) is 4.98 Å². The van der Waals surface area contributed by atoms with Crippen LogP contribution in [0.3, 0.4) is 0 Å². The van der Waals surface area contributed by atoms with Gasteiger partial charge in [-0.3, -0.25) is 9.59 Å². The second kappa shape index (κ2) is 10.8. The lowest BCUT2D eigenvalue weighted by Gasteiger charge is -2.16. The van der Waals surface area contributed by atoms with E-state index in [1.54, 1.807) is 12.1 Å². The maximum Gasteiger partial charge on any atom is 0.255 e. The van der Waals surface area contributed by atoms with Crippen molar-refractivity contribution in [2.24, 2.45) is 0 Å². The molecular formula is C28H30N4O2. The van der Waals surface area contributed by atoms with Gasteiger partial charge in [0.15, 0.2) is 0 Å². The molecule has 34 heavy (non-hydrogen) atoms. The van der Waals surface area contributed by atoms with Gasteiger partial charge in [0.2, 0.25) is 0 Å². The summed E-state index contributed by atoms with van der Waals surface area (Å²) in [5, 5.41) is 6.05. The van der Waals surface area contributed by atoms with Crippen LogP contribution in [0.2, 0.25) is 0 Å². The van der Waals surface area contributed by atoms with E-state index >= 15 is 0 Å². The number of carbonyl (C=O) groups excluding carboxylic acids is 2. The fourth-order valence-corrected chi connectivity index (χ4v) is 3.89. The Morgan fingerprint density at radius 3 is 2.38 bits per heavy atom. The van der Waals surface area contributed by atoms with Crippen LogP contribution in [0.5, 0.6) is 0 Å². The number of benzene rings is 3. The maximum atomic E-state index is 12.7. The van der Waals surface area contributed by atoms with E-state index in [2.05, 4.69) is 29.5 Å². The van der Waals surface area contributed by atoms with Crippen LogP contribution in [0, 0.1) is 0 Å². The summed E-state index contributed by atoms with van der Waals surface area (Å²) in [5.74, 6) is 0.499. The number of carbonyl (C=O) groups is 2.